The molecule has 6 heterocycles. The normalized spacial score (nSPS) is 13.2. The number of carbonyl (C=O) groups excluding carboxylic acids is 3. The number of pyridine rings is 3. The van der Waals surface area contributed by atoms with Crippen molar-refractivity contribution in [3.63, 3.8) is 0 Å². The number of urea groups is 1. The highest BCUT2D eigenvalue weighted by molar-refractivity contribution is 6.07. The first-order chi connectivity index (χ1) is 27.0. The molecule has 8 rings (SSSR count). The third kappa shape index (κ3) is 6.23. The molecule has 1 saturated heterocycles. The van der Waals surface area contributed by atoms with Crippen LogP contribution in [0.3, 0.4) is 0 Å². The molecule has 0 unspecified atom stereocenters. The quantitative estimate of drug-likeness (QED) is 0.220. The van der Waals surface area contributed by atoms with Crippen LogP contribution in [0.5, 0.6) is 0 Å². The third-order valence-electron chi connectivity index (χ3n) is 10.2. The zero-order chi connectivity index (χ0) is 39.2. The lowest BCUT2D eigenvalue weighted by Gasteiger charge is -2.32. The minimum Gasteiger partial charge on any atom is -0.376 e. The summed E-state index contributed by atoms with van der Waals surface area (Å²) in [4.78, 5) is 61.9. The smallest absolute Gasteiger partial charge is 0.333 e. The Morgan fingerprint density at radius 3 is 2.54 bits per heavy atom. The van der Waals surface area contributed by atoms with Gasteiger partial charge in [0.25, 0.3) is 5.91 Å². The van der Waals surface area contributed by atoms with Crippen LogP contribution < -0.4 is 15.9 Å². The Balaban J connectivity index is 0.962. The number of aliphatic hydroxyl groups is 1. The number of hydrogen-bond donors (Lipinski definition) is 2. The molecule has 5 aromatic heterocycles. The van der Waals surface area contributed by atoms with Crippen LogP contribution in [0.15, 0.2) is 90.2 Å². The van der Waals surface area contributed by atoms with Crippen LogP contribution in [0.4, 0.5) is 10.5 Å². The lowest BCUT2D eigenvalue weighted by atomic mass is 9.93. The first-order valence-electron chi connectivity index (χ1n) is 18.1. The highest BCUT2D eigenvalue weighted by atomic mass is 16.3. The van der Waals surface area contributed by atoms with Gasteiger partial charge in [-0.1, -0.05) is 43.9 Å². The molecule has 14 nitrogen and oxygen atoms in total. The van der Waals surface area contributed by atoms with Crippen LogP contribution in [-0.2, 0) is 18.9 Å². The first kappa shape index (κ1) is 35.9. The number of benzene rings is 2. The number of aliphatic hydroxyl groups excluding tert-OH is 1. The molecule has 0 atom stereocenters. The summed E-state index contributed by atoms with van der Waals surface area (Å²) in [5.41, 5.74) is 8.34. The maximum Gasteiger partial charge on any atom is 0.333 e. The van der Waals surface area contributed by atoms with E-state index in [2.05, 4.69) is 59.3 Å². The van der Waals surface area contributed by atoms with E-state index in [9.17, 15) is 24.3 Å². The molecule has 0 spiro atoms. The largest absolute Gasteiger partial charge is 0.376 e. The first-order valence-corrected chi connectivity index (χ1v) is 18.1. The van der Waals surface area contributed by atoms with Crippen molar-refractivity contribution in [3.8, 4) is 34.2 Å². The van der Waals surface area contributed by atoms with Gasteiger partial charge in [-0.2, -0.15) is 5.10 Å². The van der Waals surface area contributed by atoms with Crippen LogP contribution in [-0.4, -0.2) is 76.4 Å². The second kappa shape index (κ2) is 14.3. The van der Waals surface area contributed by atoms with E-state index in [1.165, 1.54) is 11.1 Å². The minimum absolute atomic E-state index is 0.0578. The summed E-state index contributed by atoms with van der Waals surface area (Å²) in [6.07, 6.45) is 6.80. The van der Waals surface area contributed by atoms with Gasteiger partial charge in [-0.25, -0.2) is 19.0 Å². The highest BCUT2D eigenvalue weighted by Gasteiger charge is 2.33. The molecule has 56 heavy (non-hydrogen) atoms. The van der Waals surface area contributed by atoms with Crippen molar-refractivity contribution < 1.29 is 19.5 Å². The number of anilines is 1. The van der Waals surface area contributed by atoms with E-state index >= 15 is 0 Å². The van der Waals surface area contributed by atoms with Crippen LogP contribution >= 0.6 is 0 Å². The number of imide groups is 1. The van der Waals surface area contributed by atoms with Crippen LogP contribution in [0.25, 0.3) is 49.7 Å². The second-order valence-corrected chi connectivity index (χ2v) is 13.9. The third-order valence-corrected chi connectivity index (χ3v) is 10.2. The molecule has 1 aliphatic rings. The second-order valence-electron chi connectivity index (χ2n) is 13.9. The molecule has 7 aromatic rings. The van der Waals surface area contributed by atoms with Crippen molar-refractivity contribution >= 4 is 50.9 Å². The number of nitrogens with zero attached hydrogens (tertiary/aromatic N) is 8. The van der Waals surface area contributed by atoms with E-state index in [0.717, 1.165) is 49.0 Å². The monoisotopic (exact) mass is 747 g/mol. The van der Waals surface area contributed by atoms with Gasteiger partial charge in [0, 0.05) is 62.2 Å². The van der Waals surface area contributed by atoms with Crippen molar-refractivity contribution in [1.29, 1.82) is 0 Å². The number of amides is 4. The zero-order valence-electron chi connectivity index (χ0n) is 31.1. The SMILES string of the molecule is CC(C)c1cc(-c2cccc3cc(-c4ccc(C(=O)NCC#Cc5ccn6ncc(N7CCC(=O)N(CO)C7=O)c6c5)nc4)ncc23)cc2c1n(C)c(=O)n2C. The van der Waals surface area contributed by atoms with Gasteiger partial charge in [0.05, 0.1) is 40.7 Å². The van der Waals surface area contributed by atoms with Gasteiger partial charge in [0.15, 0.2) is 0 Å². The minimum atomic E-state index is -0.697. The molecule has 0 radical (unpaired) electrons. The Kier molecular flexibility index (Phi) is 9.15. The van der Waals surface area contributed by atoms with Crippen molar-refractivity contribution in [3.05, 3.63) is 113 Å². The Labute approximate surface area is 320 Å². The number of carbonyl (C=O) groups is 3. The fraction of sp³-hybridized carbons (Fsp3) is 0.214. The number of fused-ring (bicyclic) bond motifs is 3. The van der Waals surface area contributed by atoms with E-state index in [4.69, 9.17) is 4.98 Å². The number of aryl methyl sites for hydroxylation is 2. The number of aromatic nitrogens is 6. The Morgan fingerprint density at radius 1 is 0.929 bits per heavy atom. The molecule has 0 saturated carbocycles. The van der Waals surface area contributed by atoms with Crippen molar-refractivity contribution in [2.75, 3.05) is 24.7 Å². The van der Waals surface area contributed by atoms with Crippen molar-refractivity contribution in [2.45, 2.75) is 26.2 Å². The number of imidazole rings is 1. The lowest BCUT2D eigenvalue weighted by Crippen LogP contribution is -2.52. The molecular formula is C42H37N9O5. The summed E-state index contributed by atoms with van der Waals surface area (Å²) in [6.45, 7) is 3.81. The summed E-state index contributed by atoms with van der Waals surface area (Å²) in [7, 11) is 3.62. The predicted octanol–water partition coefficient (Wildman–Crippen LogP) is 4.82. The predicted molar refractivity (Wildman–Crippen MR) is 212 cm³/mol. The molecule has 280 valence electrons. The fourth-order valence-electron chi connectivity index (χ4n) is 7.21. The Hall–Kier alpha value is -7.11. The summed E-state index contributed by atoms with van der Waals surface area (Å²) in [5.74, 6) is 5.38. The van der Waals surface area contributed by atoms with Gasteiger partial charge < -0.3 is 10.4 Å². The zero-order valence-corrected chi connectivity index (χ0v) is 31.1. The van der Waals surface area contributed by atoms with E-state index in [1.54, 1.807) is 51.3 Å². The standard InChI is InChI=1S/C42H37N9O5/c1-25(2)31-18-29(20-36-39(31)48(4)41(55)47(36)3)30-9-5-8-27-19-34(45-22-32(27)30)28-10-11-33(44-21-28)40(54)43-14-6-7-26-12-16-51-35(17-26)37(23-46-51)49-15-13-38(53)50(24-52)42(49)56/h5,8-12,16-23,25,52H,13-15,24H2,1-4H3,(H,43,54). The average Bonchev–Trinajstić information content (AvgIpc) is 3.72. The van der Waals surface area contributed by atoms with Crippen LogP contribution in [0.1, 0.15) is 47.8 Å². The summed E-state index contributed by atoms with van der Waals surface area (Å²) < 4.78 is 5.00. The molecular weight excluding hydrogens is 711 g/mol. The highest BCUT2D eigenvalue weighted by Crippen LogP contribution is 2.35. The van der Waals surface area contributed by atoms with E-state index in [0.29, 0.717) is 22.5 Å². The van der Waals surface area contributed by atoms with E-state index < -0.39 is 18.7 Å². The molecule has 14 heteroatoms. The topological polar surface area (TPSA) is 160 Å². The van der Waals surface area contributed by atoms with Gasteiger partial charge in [-0.3, -0.25) is 33.6 Å². The molecule has 1 fully saturated rings. The maximum absolute atomic E-state index is 12.9. The lowest BCUT2D eigenvalue weighted by molar-refractivity contribution is -0.131. The molecule has 2 N–H and O–H groups in total. The summed E-state index contributed by atoms with van der Waals surface area (Å²) in [6, 6.07) is 18.7. The summed E-state index contributed by atoms with van der Waals surface area (Å²) in [5, 5.41) is 18.5. The van der Waals surface area contributed by atoms with E-state index in [-0.39, 0.29) is 42.7 Å². The fourth-order valence-corrected chi connectivity index (χ4v) is 7.21. The van der Waals surface area contributed by atoms with Gasteiger partial charge >= 0.3 is 11.7 Å². The summed E-state index contributed by atoms with van der Waals surface area (Å²) >= 11 is 0. The van der Waals surface area contributed by atoms with Gasteiger partial charge in [0.2, 0.25) is 5.91 Å². The van der Waals surface area contributed by atoms with Gasteiger partial charge in [-0.05, 0) is 70.5 Å². The Bertz CT molecular complexity index is 2860. The molecule has 4 amide bonds. The molecule has 0 aliphatic carbocycles. The van der Waals surface area contributed by atoms with Gasteiger partial charge in [0.1, 0.15) is 12.4 Å². The van der Waals surface area contributed by atoms with E-state index in [1.807, 2.05) is 37.5 Å². The number of rotatable bonds is 7. The van der Waals surface area contributed by atoms with Crippen molar-refractivity contribution in [2.24, 2.45) is 14.1 Å². The molecule has 2 aromatic carbocycles. The maximum atomic E-state index is 12.9. The molecule has 1 aliphatic heterocycles. The number of hydrogen-bond acceptors (Lipinski definition) is 8. The number of nitrogens with one attached hydrogen (secondary N) is 1. The molecule has 0 bridgehead atoms. The van der Waals surface area contributed by atoms with Gasteiger partial charge in [-0.15, -0.1) is 0 Å². The van der Waals surface area contributed by atoms with Crippen LogP contribution in [0, 0.1) is 11.8 Å². The Morgan fingerprint density at radius 2 is 1.77 bits per heavy atom. The van der Waals surface area contributed by atoms with Crippen molar-refractivity contribution in [1.82, 2.24) is 38.9 Å². The average molecular weight is 748 g/mol. The van der Waals surface area contributed by atoms with Crippen LogP contribution in [0.2, 0.25) is 0 Å².